The Hall–Kier alpha value is -2.20. The van der Waals surface area contributed by atoms with Crippen LogP contribution in [0.3, 0.4) is 0 Å². The van der Waals surface area contributed by atoms with Gasteiger partial charge in [0.05, 0.1) is 37.2 Å². The lowest BCUT2D eigenvalue weighted by Crippen LogP contribution is -2.51. The van der Waals surface area contributed by atoms with Crippen molar-refractivity contribution < 1.29 is 23.8 Å². The van der Waals surface area contributed by atoms with Crippen LogP contribution in [0.15, 0.2) is 12.4 Å². The highest BCUT2D eigenvalue weighted by atomic mass is 19.1. The summed E-state index contributed by atoms with van der Waals surface area (Å²) in [6.45, 7) is 4.99. The molecule has 2 aliphatic rings. The van der Waals surface area contributed by atoms with Crippen LogP contribution in [0, 0.1) is 0 Å². The maximum Gasteiger partial charge on any atom is 0.322 e. The van der Waals surface area contributed by atoms with Gasteiger partial charge in [0.25, 0.3) is 0 Å². The Kier molecular flexibility index (Phi) is 5.38. The zero-order valence-electron chi connectivity index (χ0n) is 15.7. The molecule has 0 spiro atoms. The molecule has 0 aliphatic carbocycles. The van der Waals surface area contributed by atoms with Crippen molar-refractivity contribution in [1.29, 1.82) is 0 Å². The van der Waals surface area contributed by atoms with Crippen molar-refractivity contribution in [3.8, 4) is 0 Å². The SMILES string of the molecule is CC1(C)CN(C(=O)Cn2cc(NC(=O)N3CCC(F)(CO)C3)cn2)CCO1. The number of urea groups is 1. The number of aromatic nitrogens is 2. The third kappa shape index (κ3) is 4.75. The van der Waals surface area contributed by atoms with E-state index in [1.807, 2.05) is 13.8 Å². The molecule has 0 saturated carbocycles. The van der Waals surface area contributed by atoms with Gasteiger partial charge in [-0.3, -0.25) is 9.48 Å². The average molecular weight is 383 g/mol. The molecule has 9 nitrogen and oxygen atoms in total. The number of carbonyl (C=O) groups is 2. The Balaban J connectivity index is 1.53. The molecule has 1 aromatic heterocycles. The molecule has 10 heteroatoms. The lowest BCUT2D eigenvalue weighted by molar-refractivity contribution is -0.146. The van der Waals surface area contributed by atoms with Crippen LogP contribution in [0.5, 0.6) is 0 Å². The van der Waals surface area contributed by atoms with Gasteiger partial charge in [0.15, 0.2) is 5.67 Å². The second-order valence-corrected chi connectivity index (χ2v) is 7.76. The zero-order valence-corrected chi connectivity index (χ0v) is 15.7. The predicted octanol–water partition coefficient (Wildman–Crippen LogP) is 0.459. The fraction of sp³-hybridized carbons (Fsp3) is 0.706. The van der Waals surface area contributed by atoms with E-state index in [0.717, 1.165) is 0 Å². The summed E-state index contributed by atoms with van der Waals surface area (Å²) in [5.41, 5.74) is -1.68. The number of hydrogen-bond acceptors (Lipinski definition) is 5. The number of alkyl halides is 1. The zero-order chi connectivity index (χ0) is 19.7. The summed E-state index contributed by atoms with van der Waals surface area (Å²) < 4.78 is 21.1. The minimum absolute atomic E-state index is 0.0633. The van der Waals surface area contributed by atoms with Crippen LogP contribution in [-0.4, -0.2) is 87.3 Å². The minimum atomic E-state index is -1.74. The highest BCUT2D eigenvalue weighted by Crippen LogP contribution is 2.25. The minimum Gasteiger partial charge on any atom is -0.393 e. The quantitative estimate of drug-likeness (QED) is 0.787. The van der Waals surface area contributed by atoms with E-state index in [0.29, 0.717) is 25.4 Å². The maximum absolute atomic E-state index is 14.0. The van der Waals surface area contributed by atoms with E-state index in [-0.39, 0.29) is 37.6 Å². The molecule has 1 atom stereocenters. The van der Waals surface area contributed by atoms with Crippen molar-refractivity contribution in [3.63, 3.8) is 0 Å². The Labute approximate surface area is 157 Å². The van der Waals surface area contributed by atoms with Gasteiger partial charge in [-0.2, -0.15) is 5.10 Å². The number of ether oxygens (including phenoxy) is 1. The number of rotatable bonds is 4. The number of hydrogen-bond donors (Lipinski definition) is 2. The molecular weight excluding hydrogens is 357 g/mol. The summed E-state index contributed by atoms with van der Waals surface area (Å²) in [4.78, 5) is 27.7. The summed E-state index contributed by atoms with van der Waals surface area (Å²) in [6, 6.07) is -0.455. The van der Waals surface area contributed by atoms with Gasteiger partial charge in [0, 0.05) is 32.3 Å². The molecule has 0 aromatic carbocycles. The van der Waals surface area contributed by atoms with Crippen LogP contribution in [-0.2, 0) is 16.1 Å². The van der Waals surface area contributed by atoms with E-state index in [4.69, 9.17) is 9.84 Å². The van der Waals surface area contributed by atoms with Crippen LogP contribution < -0.4 is 5.32 Å². The lowest BCUT2D eigenvalue weighted by Gasteiger charge is -2.38. The molecule has 1 aromatic rings. The molecular formula is C17H26FN5O4. The third-order valence-corrected chi connectivity index (χ3v) is 4.83. The number of anilines is 1. The summed E-state index contributed by atoms with van der Waals surface area (Å²) in [5, 5.41) is 15.8. The first-order valence-electron chi connectivity index (χ1n) is 9.00. The van der Waals surface area contributed by atoms with E-state index < -0.39 is 18.3 Å². The number of carbonyl (C=O) groups excluding carboxylic acids is 2. The number of likely N-dealkylation sites (tertiary alicyclic amines) is 1. The molecule has 2 N–H and O–H groups in total. The van der Waals surface area contributed by atoms with Gasteiger partial charge in [-0.05, 0) is 13.8 Å². The molecule has 150 valence electrons. The Morgan fingerprint density at radius 2 is 2.11 bits per heavy atom. The number of amides is 3. The first kappa shape index (κ1) is 19.6. The van der Waals surface area contributed by atoms with Crippen LogP contribution >= 0.6 is 0 Å². The van der Waals surface area contributed by atoms with E-state index in [2.05, 4.69) is 10.4 Å². The molecule has 1 unspecified atom stereocenters. The van der Waals surface area contributed by atoms with E-state index in [9.17, 15) is 14.0 Å². The normalized spacial score (nSPS) is 24.9. The van der Waals surface area contributed by atoms with Gasteiger partial charge in [-0.15, -0.1) is 0 Å². The fourth-order valence-corrected chi connectivity index (χ4v) is 3.32. The summed E-state index contributed by atoms with van der Waals surface area (Å²) in [7, 11) is 0. The summed E-state index contributed by atoms with van der Waals surface area (Å²) in [6.07, 6.45) is 3.12. The molecule has 27 heavy (non-hydrogen) atoms. The average Bonchev–Trinajstić information content (AvgIpc) is 3.21. The number of nitrogens with one attached hydrogen (secondary N) is 1. The number of nitrogens with zero attached hydrogens (tertiary/aromatic N) is 4. The predicted molar refractivity (Wildman–Crippen MR) is 95.0 cm³/mol. The first-order chi connectivity index (χ1) is 12.7. The maximum atomic E-state index is 14.0. The molecule has 2 fully saturated rings. The largest absolute Gasteiger partial charge is 0.393 e. The summed E-state index contributed by atoms with van der Waals surface area (Å²) in [5.74, 6) is -0.0722. The van der Waals surface area contributed by atoms with Gasteiger partial charge in [-0.1, -0.05) is 0 Å². The van der Waals surface area contributed by atoms with Crippen molar-refractivity contribution in [2.75, 3.05) is 44.7 Å². The monoisotopic (exact) mass is 383 g/mol. The van der Waals surface area contributed by atoms with Gasteiger partial charge in [0.2, 0.25) is 5.91 Å². The van der Waals surface area contributed by atoms with Gasteiger partial charge < -0.3 is 25.0 Å². The second-order valence-electron chi connectivity index (χ2n) is 7.76. The lowest BCUT2D eigenvalue weighted by atomic mass is 10.1. The number of aliphatic hydroxyl groups excluding tert-OH is 1. The van der Waals surface area contributed by atoms with Crippen LogP contribution in [0.2, 0.25) is 0 Å². The highest BCUT2D eigenvalue weighted by molar-refractivity contribution is 5.89. The van der Waals surface area contributed by atoms with Crippen LogP contribution in [0.25, 0.3) is 0 Å². The standard InChI is InChI=1S/C17H26FN5O4/c1-16(2)10-21(5-6-27-16)14(25)9-23-8-13(7-19-23)20-15(26)22-4-3-17(18,11-22)12-24/h7-8,24H,3-6,9-12H2,1-2H3,(H,20,26). The van der Waals surface area contributed by atoms with Gasteiger partial charge in [0.1, 0.15) is 6.54 Å². The van der Waals surface area contributed by atoms with Crippen molar-refractivity contribution >= 4 is 17.6 Å². The van der Waals surface area contributed by atoms with Crippen LogP contribution in [0.1, 0.15) is 20.3 Å². The molecule has 0 radical (unpaired) electrons. The van der Waals surface area contributed by atoms with E-state index in [1.54, 1.807) is 11.1 Å². The van der Waals surface area contributed by atoms with Gasteiger partial charge >= 0.3 is 6.03 Å². The van der Waals surface area contributed by atoms with E-state index >= 15 is 0 Å². The smallest absolute Gasteiger partial charge is 0.322 e. The first-order valence-corrected chi connectivity index (χ1v) is 9.00. The van der Waals surface area contributed by atoms with Crippen molar-refractivity contribution in [1.82, 2.24) is 19.6 Å². The Bertz CT molecular complexity index is 709. The molecule has 3 amide bonds. The second kappa shape index (κ2) is 7.43. The van der Waals surface area contributed by atoms with Crippen molar-refractivity contribution in [2.24, 2.45) is 0 Å². The molecule has 3 rings (SSSR count). The Morgan fingerprint density at radius 1 is 1.33 bits per heavy atom. The topological polar surface area (TPSA) is 99.9 Å². The van der Waals surface area contributed by atoms with Crippen molar-refractivity contribution in [3.05, 3.63) is 12.4 Å². The number of aliphatic hydroxyl groups is 1. The summed E-state index contributed by atoms with van der Waals surface area (Å²) >= 11 is 0. The van der Waals surface area contributed by atoms with Crippen LogP contribution in [0.4, 0.5) is 14.9 Å². The Morgan fingerprint density at radius 3 is 2.78 bits per heavy atom. The van der Waals surface area contributed by atoms with Gasteiger partial charge in [-0.25, -0.2) is 9.18 Å². The molecule has 0 bridgehead atoms. The third-order valence-electron chi connectivity index (χ3n) is 4.83. The number of morpholine rings is 1. The fourth-order valence-electron chi connectivity index (χ4n) is 3.32. The highest BCUT2D eigenvalue weighted by Gasteiger charge is 2.39. The molecule has 2 saturated heterocycles. The molecule has 3 heterocycles. The molecule has 2 aliphatic heterocycles. The van der Waals surface area contributed by atoms with Crippen molar-refractivity contribution in [2.45, 2.75) is 38.1 Å². The van der Waals surface area contributed by atoms with E-state index in [1.165, 1.54) is 15.8 Å². The number of halogens is 1.